The molecule has 2 aliphatic rings. The summed E-state index contributed by atoms with van der Waals surface area (Å²) < 4.78 is 10.7. The van der Waals surface area contributed by atoms with E-state index in [9.17, 15) is 4.79 Å². The van der Waals surface area contributed by atoms with E-state index < -0.39 is 0 Å². The van der Waals surface area contributed by atoms with Gasteiger partial charge in [0.05, 0.1) is 26.4 Å². The molecule has 0 unspecified atom stereocenters. The minimum atomic E-state index is -0.240. The molecule has 0 spiro atoms. The van der Waals surface area contributed by atoms with Gasteiger partial charge in [-0.15, -0.1) is 0 Å². The van der Waals surface area contributed by atoms with Crippen LogP contribution < -0.4 is 10.2 Å². The number of carbonyl (C=O) groups is 1. The Labute approximate surface area is 143 Å². The first-order valence-electron chi connectivity index (χ1n) is 8.71. The lowest BCUT2D eigenvalue weighted by Crippen LogP contribution is -2.47. The van der Waals surface area contributed by atoms with Gasteiger partial charge in [0.2, 0.25) is 5.91 Å². The highest BCUT2D eigenvalue weighted by atomic mass is 16.5. The lowest BCUT2D eigenvalue weighted by atomic mass is 10.1. The molecular weight excluding hydrogens is 306 g/mol. The maximum Gasteiger partial charge on any atom is 0.244 e. The molecule has 6 nitrogen and oxygen atoms in total. The van der Waals surface area contributed by atoms with Crippen molar-refractivity contribution in [3.63, 3.8) is 0 Å². The zero-order chi connectivity index (χ0) is 16.9. The molecule has 2 fully saturated rings. The fraction of sp³-hybridized carbons (Fsp3) is 0.611. The molecule has 24 heavy (non-hydrogen) atoms. The van der Waals surface area contributed by atoms with Crippen LogP contribution >= 0.6 is 0 Å². The molecular formula is C18H27N3O3. The van der Waals surface area contributed by atoms with Crippen LogP contribution in [0.2, 0.25) is 0 Å². The molecule has 3 rings (SSSR count). The van der Waals surface area contributed by atoms with E-state index in [1.54, 1.807) is 0 Å². The number of hydrogen-bond donors (Lipinski definition) is 1. The molecule has 0 aromatic heterocycles. The molecule has 2 saturated heterocycles. The third-order valence-electron chi connectivity index (χ3n) is 4.65. The van der Waals surface area contributed by atoms with E-state index in [2.05, 4.69) is 35.3 Å². The number of rotatable bonds is 4. The first-order chi connectivity index (χ1) is 11.6. The van der Waals surface area contributed by atoms with Crippen molar-refractivity contribution < 1.29 is 14.3 Å². The highest BCUT2D eigenvalue weighted by Gasteiger charge is 2.22. The first kappa shape index (κ1) is 17.0. The topological polar surface area (TPSA) is 54.0 Å². The smallest absolute Gasteiger partial charge is 0.244 e. The fourth-order valence-corrected chi connectivity index (χ4v) is 3.18. The van der Waals surface area contributed by atoms with Crippen LogP contribution in [-0.2, 0) is 14.3 Å². The number of ether oxygens (including phenoxy) is 2. The number of aryl methyl sites for hydroxylation is 1. The normalized spacial score (nSPS) is 19.9. The summed E-state index contributed by atoms with van der Waals surface area (Å²) in [6.45, 7) is 10.0. The number of carbonyl (C=O) groups excluding carboxylic acids is 1. The first-order valence-corrected chi connectivity index (χ1v) is 8.71. The van der Waals surface area contributed by atoms with Gasteiger partial charge in [0.1, 0.15) is 6.04 Å². The highest BCUT2D eigenvalue weighted by molar-refractivity contribution is 5.84. The number of benzene rings is 1. The Morgan fingerprint density at radius 3 is 2.33 bits per heavy atom. The molecule has 1 atom stereocenters. The largest absolute Gasteiger partial charge is 0.378 e. The van der Waals surface area contributed by atoms with Crippen molar-refractivity contribution in [1.29, 1.82) is 0 Å². The van der Waals surface area contributed by atoms with Gasteiger partial charge < -0.3 is 24.6 Å². The lowest BCUT2D eigenvalue weighted by Gasteiger charge is -2.31. The third-order valence-corrected chi connectivity index (χ3v) is 4.65. The third kappa shape index (κ3) is 3.99. The molecule has 2 aliphatic heterocycles. The summed E-state index contributed by atoms with van der Waals surface area (Å²) in [5.74, 6) is 0.134. The molecule has 6 heteroatoms. The molecule has 132 valence electrons. The highest BCUT2D eigenvalue weighted by Crippen LogP contribution is 2.24. The van der Waals surface area contributed by atoms with Gasteiger partial charge in [0, 0.05) is 37.6 Å². The predicted molar refractivity (Wildman–Crippen MR) is 94.7 cm³/mol. The van der Waals surface area contributed by atoms with Crippen LogP contribution in [0, 0.1) is 6.92 Å². The van der Waals surface area contributed by atoms with E-state index in [4.69, 9.17) is 9.47 Å². The molecule has 0 aliphatic carbocycles. The number of nitrogens with zero attached hydrogens (tertiary/aromatic N) is 2. The summed E-state index contributed by atoms with van der Waals surface area (Å²) in [5, 5.41) is 3.36. The van der Waals surface area contributed by atoms with Gasteiger partial charge in [-0.2, -0.15) is 0 Å². The van der Waals surface area contributed by atoms with E-state index in [1.807, 2.05) is 11.8 Å². The molecule has 0 saturated carbocycles. The number of hydrogen-bond acceptors (Lipinski definition) is 5. The van der Waals surface area contributed by atoms with Crippen molar-refractivity contribution in [3.8, 4) is 0 Å². The van der Waals surface area contributed by atoms with Gasteiger partial charge in [0.25, 0.3) is 0 Å². The van der Waals surface area contributed by atoms with Crippen molar-refractivity contribution in [2.75, 3.05) is 62.8 Å². The van der Waals surface area contributed by atoms with Crippen LogP contribution in [0.15, 0.2) is 18.2 Å². The van der Waals surface area contributed by atoms with Gasteiger partial charge in [-0.25, -0.2) is 0 Å². The Kier molecular flexibility index (Phi) is 5.58. The van der Waals surface area contributed by atoms with Crippen LogP contribution in [-0.4, -0.2) is 69.5 Å². The average Bonchev–Trinajstić information content (AvgIpc) is 2.64. The fourth-order valence-electron chi connectivity index (χ4n) is 3.18. The Morgan fingerprint density at radius 2 is 1.71 bits per heavy atom. The maximum atomic E-state index is 12.5. The van der Waals surface area contributed by atoms with Gasteiger partial charge in [-0.05, 0) is 37.6 Å². The van der Waals surface area contributed by atoms with Crippen LogP contribution in [0.3, 0.4) is 0 Å². The van der Waals surface area contributed by atoms with Crippen LogP contribution in [0.25, 0.3) is 0 Å². The summed E-state index contributed by atoms with van der Waals surface area (Å²) >= 11 is 0. The molecule has 1 amide bonds. The van der Waals surface area contributed by atoms with E-state index in [0.717, 1.165) is 37.6 Å². The molecule has 1 N–H and O–H groups in total. The summed E-state index contributed by atoms with van der Waals surface area (Å²) in [5.41, 5.74) is 3.38. The minimum Gasteiger partial charge on any atom is -0.378 e. The summed E-state index contributed by atoms with van der Waals surface area (Å²) in [7, 11) is 0. The van der Waals surface area contributed by atoms with Gasteiger partial charge in [0.15, 0.2) is 0 Å². The van der Waals surface area contributed by atoms with E-state index >= 15 is 0 Å². The average molecular weight is 333 g/mol. The summed E-state index contributed by atoms with van der Waals surface area (Å²) in [6, 6.07) is 6.13. The molecule has 1 aromatic rings. The Morgan fingerprint density at radius 1 is 1.08 bits per heavy atom. The Hall–Kier alpha value is -1.79. The van der Waals surface area contributed by atoms with Crippen molar-refractivity contribution in [1.82, 2.24) is 4.90 Å². The number of amides is 1. The standard InChI is InChI=1S/C18H27N3O3/c1-14-13-16(20-5-9-23-10-6-20)3-4-17(14)19-15(2)18(22)21-7-11-24-12-8-21/h3-4,13,15,19H,5-12H2,1-2H3/t15-/m1/s1. The van der Waals surface area contributed by atoms with Crippen LogP contribution in [0.1, 0.15) is 12.5 Å². The zero-order valence-corrected chi connectivity index (χ0v) is 14.6. The van der Waals surface area contributed by atoms with Gasteiger partial charge in [-0.3, -0.25) is 4.79 Å². The molecule has 0 bridgehead atoms. The zero-order valence-electron chi connectivity index (χ0n) is 14.6. The van der Waals surface area contributed by atoms with Crippen molar-refractivity contribution in [3.05, 3.63) is 23.8 Å². The van der Waals surface area contributed by atoms with E-state index in [-0.39, 0.29) is 11.9 Å². The van der Waals surface area contributed by atoms with E-state index in [1.165, 1.54) is 5.69 Å². The van der Waals surface area contributed by atoms with Crippen molar-refractivity contribution >= 4 is 17.3 Å². The molecule has 0 radical (unpaired) electrons. The van der Waals surface area contributed by atoms with Crippen LogP contribution in [0.5, 0.6) is 0 Å². The number of anilines is 2. The van der Waals surface area contributed by atoms with Crippen LogP contribution in [0.4, 0.5) is 11.4 Å². The number of morpholine rings is 2. The second kappa shape index (κ2) is 7.85. The van der Waals surface area contributed by atoms with E-state index in [0.29, 0.717) is 26.3 Å². The molecule has 2 heterocycles. The van der Waals surface area contributed by atoms with Gasteiger partial charge in [-0.1, -0.05) is 0 Å². The monoisotopic (exact) mass is 333 g/mol. The quantitative estimate of drug-likeness (QED) is 0.905. The Balaban J connectivity index is 1.62. The lowest BCUT2D eigenvalue weighted by molar-refractivity contribution is -0.135. The summed E-state index contributed by atoms with van der Waals surface area (Å²) in [6.07, 6.45) is 0. The summed E-state index contributed by atoms with van der Waals surface area (Å²) in [4.78, 5) is 16.7. The second-order valence-corrected chi connectivity index (χ2v) is 6.40. The SMILES string of the molecule is Cc1cc(N2CCOCC2)ccc1N[C@H](C)C(=O)N1CCOCC1. The Bertz CT molecular complexity index is 567. The minimum absolute atomic E-state index is 0.134. The predicted octanol–water partition coefficient (Wildman–Crippen LogP) is 1.49. The van der Waals surface area contributed by atoms with Crippen molar-refractivity contribution in [2.24, 2.45) is 0 Å². The van der Waals surface area contributed by atoms with Gasteiger partial charge >= 0.3 is 0 Å². The maximum absolute atomic E-state index is 12.5. The van der Waals surface area contributed by atoms with Crippen molar-refractivity contribution in [2.45, 2.75) is 19.9 Å². The number of nitrogens with one attached hydrogen (secondary N) is 1. The second-order valence-electron chi connectivity index (χ2n) is 6.40. The molecule has 1 aromatic carbocycles.